The minimum atomic E-state index is -0.274. The van der Waals surface area contributed by atoms with Crippen LogP contribution >= 0.6 is 11.3 Å². The molecule has 6 heteroatoms. The van der Waals surface area contributed by atoms with Crippen molar-refractivity contribution >= 4 is 22.2 Å². The van der Waals surface area contributed by atoms with Gasteiger partial charge in [-0.2, -0.15) is 0 Å². The van der Waals surface area contributed by atoms with Gasteiger partial charge in [0, 0.05) is 35.3 Å². The van der Waals surface area contributed by atoms with Crippen LogP contribution in [0.3, 0.4) is 0 Å². The van der Waals surface area contributed by atoms with Gasteiger partial charge in [0.05, 0.1) is 12.1 Å². The van der Waals surface area contributed by atoms with Crippen molar-refractivity contribution in [2.75, 3.05) is 6.54 Å². The lowest BCUT2D eigenvalue weighted by molar-refractivity contribution is -0.120. The predicted octanol–water partition coefficient (Wildman–Crippen LogP) is 6.08. The van der Waals surface area contributed by atoms with E-state index in [1.54, 1.807) is 12.1 Å². The molecule has 0 bridgehead atoms. The van der Waals surface area contributed by atoms with E-state index in [9.17, 15) is 9.18 Å². The van der Waals surface area contributed by atoms with Crippen LogP contribution in [0.5, 0.6) is 0 Å². The van der Waals surface area contributed by atoms with Gasteiger partial charge in [-0.25, -0.2) is 9.37 Å². The number of halogens is 1. The fourth-order valence-corrected chi connectivity index (χ4v) is 5.07. The van der Waals surface area contributed by atoms with Crippen LogP contribution in [0.1, 0.15) is 29.2 Å². The molecule has 4 nitrogen and oxygen atoms in total. The van der Waals surface area contributed by atoms with Gasteiger partial charge in [0.2, 0.25) is 5.91 Å². The third-order valence-electron chi connectivity index (χ3n) is 5.92. The van der Waals surface area contributed by atoms with Gasteiger partial charge in [-0.1, -0.05) is 60.7 Å². The van der Waals surface area contributed by atoms with Crippen LogP contribution in [0.15, 0.2) is 96.5 Å². The fourth-order valence-electron chi connectivity index (χ4n) is 4.20. The lowest BCUT2D eigenvalue weighted by atomic mass is 9.88. The Balaban J connectivity index is 1.24. The minimum Gasteiger partial charge on any atom is -0.356 e. The Morgan fingerprint density at radius 2 is 1.59 bits per heavy atom. The number of aromatic nitrogens is 2. The number of hydrogen-bond acceptors (Lipinski definition) is 3. The number of rotatable bonds is 8. The average molecular weight is 470 g/mol. The van der Waals surface area contributed by atoms with Crippen molar-refractivity contribution in [2.24, 2.45) is 0 Å². The second-order valence-corrected chi connectivity index (χ2v) is 9.04. The molecule has 170 valence electrons. The smallest absolute Gasteiger partial charge is 0.225 e. The first-order valence-electron chi connectivity index (χ1n) is 11.3. The summed E-state index contributed by atoms with van der Waals surface area (Å²) in [6.45, 7) is 0.589. The summed E-state index contributed by atoms with van der Waals surface area (Å²) in [6, 6.07) is 27.1. The number of hydrogen-bond donors (Lipinski definition) is 1. The SMILES string of the molecule is O=C(Cc1csc2nc(-c3ccc(F)cc3)cn12)NCCC(c1ccccc1)c1ccccc1. The number of thiazole rings is 1. The van der Waals surface area contributed by atoms with Crippen LogP contribution < -0.4 is 5.32 Å². The second kappa shape index (κ2) is 10.0. The van der Waals surface area contributed by atoms with E-state index in [4.69, 9.17) is 0 Å². The van der Waals surface area contributed by atoms with Crippen molar-refractivity contribution in [3.8, 4) is 11.3 Å². The number of nitrogens with zero attached hydrogens (tertiary/aromatic N) is 2. The Morgan fingerprint density at radius 3 is 2.24 bits per heavy atom. The Kier molecular flexibility index (Phi) is 6.49. The zero-order valence-corrected chi connectivity index (χ0v) is 19.3. The van der Waals surface area contributed by atoms with Gasteiger partial charge in [0.1, 0.15) is 5.82 Å². The Bertz CT molecular complexity index is 1340. The summed E-state index contributed by atoms with van der Waals surface area (Å²) in [6.07, 6.45) is 3.00. The van der Waals surface area contributed by atoms with E-state index in [-0.39, 0.29) is 24.1 Å². The molecule has 0 saturated heterocycles. The minimum absolute atomic E-state index is 0.0170. The van der Waals surface area contributed by atoms with Crippen molar-refractivity contribution in [1.82, 2.24) is 14.7 Å². The number of amides is 1. The van der Waals surface area contributed by atoms with Crippen LogP contribution in [0, 0.1) is 5.82 Å². The van der Waals surface area contributed by atoms with Gasteiger partial charge in [0.25, 0.3) is 0 Å². The van der Waals surface area contributed by atoms with Crippen molar-refractivity contribution in [3.63, 3.8) is 0 Å². The predicted molar refractivity (Wildman–Crippen MR) is 135 cm³/mol. The third kappa shape index (κ3) is 4.92. The topological polar surface area (TPSA) is 46.4 Å². The molecule has 5 aromatic rings. The Hall–Kier alpha value is -3.77. The molecule has 1 N–H and O–H groups in total. The van der Waals surface area contributed by atoms with E-state index in [2.05, 4.69) is 58.8 Å². The van der Waals surface area contributed by atoms with Crippen molar-refractivity contribution in [1.29, 1.82) is 0 Å². The highest BCUT2D eigenvalue weighted by molar-refractivity contribution is 7.15. The normalized spacial score (nSPS) is 11.2. The molecule has 0 atom stereocenters. The molecule has 34 heavy (non-hydrogen) atoms. The first-order chi connectivity index (χ1) is 16.7. The molecule has 0 spiro atoms. The summed E-state index contributed by atoms with van der Waals surface area (Å²) < 4.78 is 15.2. The maximum atomic E-state index is 13.2. The van der Waals surface area contributed by atoms with Crippen molar-refractivity contribution < 1.29 is 9.18 Å². The van der Waals surface area contributed by atoms with E-state index >= 15 is 0 Å². The highest BCUT2D eigenvalue weighted by Crippen LogP contribution is 2.27. The molecule has 0 aliphatic rings. The molecule has 3 aromatic carbocycles. The molecule has 0 unspecified atom stereocenters. The van der Waals surface area contributed by atoms with E-state index in [0.717, 1.165) is 28.3 Å². The van der Waals surface area contributed by atoms with Crippen LogP contribution in [0.2, 0.25) is 0 Å². The molecule has 5 rings (SSSR count). The van der Waals surface area contributed by atoms with Gasteiger partial charge < -0.3 is 5.32 Å². The number of benzene rings is 3. The zero-order valence-electron chi connectivity index (χ0n) is 18.5. The summed E-state index contributed by atoms with van der Waals surface area (Å²) >= 11 is 1.50. The lowest BCUT2D eigenvalue weighted by Gasteiger charge is -2.18. The summed E-state index contributed by atoms with van der Waals surface area (Å²) in [5.74, 6) is -0.0667. The molecule has 0 saturated carbocycles. The number of fused-ring (bicyclic) bond motifs is 1. The standard InChI is InChI=1S/C28H24FN3OS/c29-23-13-11-22(12-14-23)26-18-32-24(19-34-28(32)31-26)17-27(33)30-16-15-25(20-7-3-1-4-8-20)21-9-5-2-6-10-21/h1-14,18-19,25H,15-17H2,(H,30,33). The monoisotopic (exact) mass is 469 g/mol. The zero-order chi connectivity index (χ0) is 23.3. The quantitative estimate of drug-likeness (QED) is 0.299. The Morgan fingerprint density at radius 1 is 0.941 bits per heavy atom. The summed E-state index contributed by atoms with van der Waals surface area (Å²) in [7, 11) is 0. The fraction of sp³-hybridized carbons (Fsp3) is 0.143. The number of nitrogens with one attached hydrogen (secondary N) is 1. The molecule has 2 aromatic heterocycles. The van der Waals surface area contributed by atoms with Gasteiger partial charge in [-0.05, 0) is 41.8 Å². The average Bonchev–Trinajstić information content (AvgIpc) is 3.45. The van der Waals surface area contributed by atoms with Crippen LogP contribution in [-0.2, 0) is 11.2 Å². The van der Waals surface area contributed by atoms with Gasteiger partial charge in [-0.3, -0.25) is 9.20 Å². The molecule has 0 aliphatic carbocycles. The lowest BCUT2D eigenvalue weighted by Crippen LogP contribution is -2.27. The molecular formula is C28H24FN3OS. The maximum absolute atomic E-state index is 13.2. The summed E-state index contributed by atoms with van der Waals surface area (Å²) in [5.41, 5.74) is 4.99. The molecule has 0 fully saturated rings. The largest absolute Gasteiger partial charge is 0.356 e. The maximum Gasteiger partial charge on any atom is 0.225 e. The van der Waals surface area contributed by atoms with Gasteiger partial charge >= 0.3 is 0 Å². The molecule has 1 amide bonds. The first kappa shape index (κ1) is 22.0. The van der Waals surface area contributed by atoms with E-state index in [1.165, 1.54) is 34.6 Å². The number of imidazole rings is 1. The number of carbonyl (C=O) groups excluding carboxylic acids is 1. The highest BCUT2D eigenvalue weighted by atomic mass is 32.1. The first-order valence-corrected chi connectivity index (χ1v) is 12.1. The highest BCUT2D eigenvalue weighted by Gasteiger charge is 2.16. The molecule has 0 radical (unpaired) electrons. The van der Waals surface area contributed by atoms with Gasteiger partial charge in [-0.15, -0.1) is 11.3 Å². The third-order valence-corrected chi connectivity index (χ3v) is 6.81. The van der Waals surface area contributed by atoms with Crippen LogP contribution in [0.4, 0.5) is 4.39 Å². The van der Waals surface area contributed by atoms with E-state index in [1.807, 2.05) is 28.1 Å². The van der Waals surface area contributed by atoms with Crippen molar-refractivity contribution in [2.45, 2.75) is 18.8 Å². The summed E-state index contributed by atoms with van der Waals surface area (Å²) in [4.78, 5) is 18.2. The second-order valence-electron chi connectivity index (χ2n) is 8.20. The van der Waals surface area contributed by atoms with E-state index < -0.39 is 0 Å². The molecule has 0 aliphatic heterocycles. The van der Waals surface area contributed by atoms with Gasteiger partial charge in [0.15, 0.2) is 4.96 Å². The van der Waals surface area contributed by atoms with Crippen LogP contribution in [0.25, 0.3) is 16.2 Å². The van der Waals surface area contributed by atoms with Crippen molar-refractivity contribution in [3.05, 3.63) is 119 Å². The van der Waals surface area contributed by atoms with E-state index in [0.29, 0.717) is 6.54 Å². The summed E-state index contributed by atoms with van der Waals surface area (Å²) in [5, 5.41) is 5.06. The van der Waals surface area contributed by atoms with Crippen LogP contribution in [-0.4, -0.2) is 21.8 Å². The Labute approximate surface area is 201 Å². The molecule has 2 heterocycles. The molecular weight excluding hydrogens is 445 g/mol. The number of carbonyl (C=O) groups is 1.